The Morgan fingerprint density at radius 3 is 2.40 bits per heavy atom. The molecule has 1 nitrogen and oxygen atoms in total. The minimum absolute atomic E-state index is 0.0784. The van der Waals surface area contributed by atoms with Crippen molar-refractivity contribution in [1.29, 1.82) is 0 Å². The second kappa shape index (κ2) is 3.38. The molecule has 4 heteroatoms. The van der Waals surface area contributed by atoms with E-state index in [1.165, 1.54) is 12.1 Å². The summed E-state index contributed by atoms with van der Waals surface area (Å²) in [5, 5.41) is -0.267. The van der Waals surface area contributed by atoms with E-state index in [1.807, 2.05) is 0 Å². The number of halogens is 3. The summed E-state index contributed by atoms with van der Waals surface area (Å²) in [6.07, 6.45) is 0.0784. The summed E-state index contributed by atoms with van der Waals surface area (Å²) in [5.41, 5.74) is -0.673. The number of carbonyl (C=O) groups is 1. The fraction of sp³-hybridized carbons (Fsp3) is 0. The van der Waals surface area contributed by atoms with Crippen molar-refractivity contribution in [3.8, 4) is 0 Å². The zero-order chi connectivity index (χ0) is 11.0. The van der Waals surface area contributed by atoms with Gasteiger partial charge in [0.1, 0.15) is 17.5 Å². The molecule has 0 radical (unpaired) electrons. The van der Waals surface area contributed by atoms with Crippen molar-refractivity contribution in [2.75, 3.05) is 0 Å². The highest BCUT2D eigenvalue weighted by molar-refractivity contribution is 5.90. The number of hydrogen-bond acceptors (Lipinski definition) is 1. The predicted octanol–water partition coefficient (Wildman–Crippen LogP) is 3.07. The van der Waals surface area contributed by atoms with Crippen LogP contribution in [0.15, 0.2) is 24.3 Å². The van der Waals surface area contributed by atoms with Crippen LogP contribution in [0.3, 0.4) is 0 Å². The minimum atomic E-state index is -1.06. The third-order valence-electron chi connectivity index (χ3n) is 2.17. The molecule has 0 N–H and O–H groups in total. The Morgan fingerprint density at radius 1 is 1.00 bits per heavy atom. The molecular formula is C11H5F3O. The highest BCUT2D eigenvalue weighted by Gasteiger charge is 2.14. The summed E-state index contributed by atoms with van der Waals surface area (Å²) in [6.45, 7) is 0. The zero-order valence-corrected chi connectivity index (χ0v) is 7.43. The number of rotatable bonds is 1. The third kappa shape index (κ3) is 1.38. The molecule has 2 aromatic rings. The first-order valence-electron chi connectivity index (χ1n) is 4.16. The summed E-state index contributed by atoms with van der Waals surface area (Å²) in [7, 11) is 0. The Morgan fingerprint density at radius 2 is 1.73 bits per heavy atom. The molecule has 2 aromatic carbocycles. The average Bonchev–Trinajstić information content (AvgIpc) is 2.20. The molecule has 0 aliphatic carbocycles. The monoisotopic (exact) mass is 210 g/mol. The van der Waals surface area contributed by atoms with E-state index in [0.29, 0.717) is 0 Å². The van der Waals surface area contributed by atoms with Crippen LogP contribution < -0.4 is 0 Å². The summed E-state index contributed by atoms with van der Waals surface area (Å²) in [6, 6.07) is 4.51. The van der Waals surface area contributed by atoms with Gasteiger partial charge in [0.05, 0.1) is 5.56 Å². The maximum absolute atomic E-state index is 13.5. The van der Waals surface area contributed by atoms with E-state index in [2.05, 4.69) is 0 Å². The number of carbonyl (C=O) groups excluding carboxylic acids is 1. The number of aldehydes is 1. The minimum Gasteiger partial charge on any atom is -0.298 e. The van der Waals surface area contributed by atoms with Crippen LogP contribution in [0.5, 0.6) is 0 Å². The van der Waals surface area contributed by atoms with E-state index in [1.54, 1.807) is 0 Å². The highest BCUT2D eigenvalue weighted by Crippen LogP contribution is 2.24. The molecular weight excluding hydrogens is 205 g/mol. The quantitative estimate of drug-likeness (QED) is 0.661. The SMILES string of the molecule is O=Cc1c(F)cc2c(F)cccc2c1F. The molecule has 0 bridgehead atoms. The smallest absolute Gasteiger partial charge is 0.155 e. The molecule has 0 aromatic heterocycles. The van der Waals surface area contributed by atoms with Crippen molar-refractivity contribution in [2.45, 2.75) is 0 Å². The van der Waals surface area contributed by atoms with Crippen molar-refractivity contribution in [3.63, 3.8) is 0 Å². The lowest BCUT2D eigenvalue weighted by Crippen LogP contribution is -1.96. The topological polar surface area (TPSA) is 17.1 Å². The van der Waals surface area contributed by atoms with Gasteiger partial charge in [0.25, 0.3) is 0 Å². The molecule has 0 unspecified atom stereocenters. The average molecular weight is 210 g/mol. The molecule has 0 amide bonds. The Bertz CT molecular complexity index is 549. The van der Waals surface area contributed by atoms with Crippen LogP contribution in [0.2, 0.25) is 0 Å². The molecule has 2 rings (SSSR count). The van der Waals surface area contributed by atoms with Gasteiger partial charge >= 0.3 is 0 Å². The molecule has 0 aliphatic heterocycles. The summed E-state index contributed by atoms with van der Waals surface area (Å²) in [4.78, 5) is 10.4. The van der Waals surface area contributed by atoms with Crippen molar-refractivity contribution in [1.82, 2.24) is 0 Å². The van der Waals surface area contributed by atoms with Gasteiger partial charge in [-0.15, -0.1) is 0 Å². The largest absolute Gasteiger partial charge is 0.298 e. The predicted molar refractivity (Wildman–Crippen MR) is 49.2 cm³/mol. The second-order valence-electron chi connectivity index (χ2n) is 3.04. The summed E-state index contributed by atoms with van der Waals surface area (Å²) in [5.74, 6) is -2.80. The highest BCUT2D eigenvalue weighted by atomic mass is 19.1. The first kappa shape index (κ1) is 9.71. The van der Waals surface area contributed by atoms with E-state index < -0.39 is 23.0 Å². The van der Waals surface area contributed by atoms with Gasteiger partial charge in [0.2, 0.25) is 0 Å². The molecule has 0 spiro atoms. The Hall–Kier alpha value is -1.84. The number of benzene rings is 2. The zero-order valence-electron chi connectivity index (χ0n) is 7.43. The lowest BCUT2D eigenvalue weighted by Gasteiger charge is -2.03. The second-order valence-corrected chi connectivity index (χ2v) is 3.04. The van der Waals surface area contributed by atoms with Crippen LogP contribution >= 0.6 is 0 Å². The summed E-state index contributed by atoms with van der Waals surface area (Å²) >= 11 is 0. The van der Waals surface area contributed by atoms with E-state index in [9.17, 15) is 18.0 Å². The van der Waals surface area contributed by atoms with Crippen LogP contribution in [0.25, 0.3) is 10.8 Å². The molecule has 0 saturated heterocycles. The number of hydrogen-bond donors (Lipinski definition) is 0. The lowest BCUT2D eigenvalue weighted by atomic mass is 10.1. The molecule has 0 heterocycles. The van der Waals surface area contributed by atoms with Crippen molar-refractivity contribution >= 4 is 17.1 Å². The van der Waals surface area contributed by atoms with Crippen LogP contribution in [-0.2, 0) is 0 Å². The molecule has 15 heavy (non-hydrogen) atoms. The lowest BCUT2D eigenvalue weighted by molar-refractivity contribution is 0.111. The van der Waals surface area contributed by atoms with Gasteiger partial charge in [-0.1, -0.05) is 12.1 Å². The molecule has 76 valence electrons. The standard InChI is InChI=1S/C11H5F3O/c12-9-3-1-2-6-7(9)4-10(13)8(5-15)11(6)14/h1-5H. The summed E-state index contributed by atoms with van der Waals surface area (Å²) < 4.78 is 39.8. The fourth-order valence-corrected chi connectivity index (χ4v) is 1.44. The van der Waals surface area contributed by atoms with Crippen molar-refractivity contribution in [3.05, 3.63) is 47.3 Å². The molecule has 0 saturated carbocycles. The van der Waals surface area contributed by atoms with Crippen LogP contribution in [0, 0.1) is 17.5 Å². The first-order valence-corrected chi connectivity index (χ1v) is 4.16. The van der Waals surface area contributed by atoms with Gasteiger partial charge in [0.15, 0.2) is 6.29 Å². The van der Waals surface area contributed by atoms with E-state index in [-0.39, 0.29) is 17.1 Å². The van der Waals surface area contributed by atoms with Gasteiger partial charge in [-0.3, -0.25) is 4.79 Å². The van der Waals surface area contributed by atoms with Gasteiger partial charge < -0.3 is 0 Å². The molecule has 0 aliphatic rings. The Kier molecular flexibility index (Phi) is 2.19. The van der Waals surface area contributed by atoms with Gasteiger partial charge in [0, 0.05) is 10.8 Å². The third-order valence-corrected chi connectivity index (χ3v) is 2.17. The molecule has 0 fully saturated rings. The van der Waals surface area contributed by atoms with Crippen LogP contribution in [0.4, 0.5) is 13.2 Å². The normalized spacial score (nSPS) is 10.6. The molecule has 0 atom stereocenters. The van der Waals surface area contributed by atoms with Crippen molar-refractivity contribution < 1.29 is 18.0 Å². The van der Waals surface area contributed by atoms with Gasteiger partial charge in [-0.25, -0.2) is 13.2 Å². The van der Waals surface area contributed by atoms with E-state index in [4.69, 9.17) is 0 Å². The van der Waals surface area contributed by atoms with Crippen LogP contribution in [0.1, 0.15) is 10.4 Å². The maximum Gasteiger partial charge on any atom is 0.155 e. The number of fused-ring (bicyclic) bond motifs is 1. The van der Waals surface area contributed by atoms with Crippen LogP contribution in [-0.4, -0.2) is 6.29 Å². The first-order chi connectivity index (χ1) is 7.15. The maximum atomic E-state index is 13.5. The van der Waals surface area contributed by atoms with E-state index >= 15 is 0 Å². The Balaban J connectivity index is 2.97. The van der Waals surface area contributed by atoms with Gasteiger partial charge in [-0.2, -0.15) is 0 Å². The Labute approximate surface area is 83.1 Å². The van der Waals surface area contributed by atoms with Gasteiger partial charge in [-0.05, 0) is 12.1 Å². The van der Waals surface area contributed by atoms with Crippen molar-refractivity contribution in [2.24, 2.45) is 0 Å². The van der Waals surface area contributed by atoms with E-state index in [0.717, 1.165) is 12.1 Å². The fourth-order valence-electron chi connectivity index (χ4n) is 1.44.